The Labute approximate surface area is 221 Å². The van der Waals surface area contributed by atoms with Crippen molar-refractivity contribution in [3.8, 4) is 17.2 Å². The molecule has 0 saturated carbocycles. The molecule has 6 nitrogen and oxygen atoms in total. The second-order valence-corrected chi connectivity index (χ2v) is 11.6. The number of ether oxygens (including phenoxy) is 2. The summed E-state index contributed by atoms with van der Waals surface area (Å²) in [5, 5.41) is 0. The molecule has 0 bridgehead atoms. The summed E-state index contributed by atoms with van der Waals surface area (Å²) >= 11 is 1.40. The maximum Gasteiger partial charge on any atom is 0.269 e. The van der Waals surface area contributed by atoms with E-state index in [0.29, 0.717) is 18.0 Å². The molecular weight excluding hydrogens is 484 g/mol. The number of rotatable bonds is 5. The number of hydrogen-bond donors (Lipinski definition) is 0. The number of carbonyl (C=O) groups excluding carboxylic acids is 2. The van der Waals surface area contributed by atoms with Gasteiger partial charge in [0.15, 0.2) is 0 Å². The Morgan fingerprint density at radius 3 is 2.35 bits per heavy atom. The monoisotopic (exact) mass is 514 g/mol. The van der Waals surface area contributed by atoms with Crippen LogP contribution in [0.15, 0.2) is 66.7 Å². The second-order valence-electron chi connectivity index (χ2n) is 10.5. The Balaban J connectivity index is 1.48. The van der Waals surface area contributed by atoms with Crippen LogP contribution in [0.4, 0.5) is 11.4 Å². The van der Waals surface area contributed by atoms with E-state index in [0.717, 1.165) is 34.7 Å². The van der Waals surface area contributed by atoms with Gasteiger partial charge in [-0.3, -0.25) is 14.5 Å². The molecule has 1 spiro atoms. The summed E-state index contributed by atoms with van der Waals surface area (Å²) in [5.74, 6) is 2.48. The largest absolute Gasteiger partial charge is 0.494 e. The first-order valence-corrected chi connectivity index (χ1v) is 13.7. The van der Waals surface area contributed by atoms with Crippen LogP contribution in [0.5, 0.6) is 17.2 Å². The van der Waals surface area contributed by atoms with Gasteiger partial charge in [-0.15, -0.1) is 11.8 Å². The Hall–Kier alpha value is -3.45. The zero-order valence-electron chi connectivity index (χ0n) is 21.5. The van der Waals surface area contributed by atoms with Crippen molar-refractivity contribution in [3.63, 3.8) is 0 Å². The van der Waals surface area contributed by atoms with Crippen molar-refractivity contribution in [2.45, 2.75) is 50.4 Å². The molecule has 3 aromatic carbocycles. The Kier molecular flexibility index (Phi) is 5.53. The van der Waals surface area contributed by atoms with Gasteiger partial charge in [-0.05, 0) is 87.2 Å². The standard InChI is InChI=1S/C30H30N2O4S/c1-5-35-23-15-24-19(2)17-29(3,4)32-27(24)25(16-23)30(28(32)34)31(26(33)18-37-30)20-11-13-22(14-12-20)36-21-9-7-6-8-10-21/h6-16,19H,5,17-18H2,1-4H3. The first-order valence-electron chi connectivity index (χ1n) is 12.7. The fourth-order valence-corrected chi connectivity index (χ4v) is 7.42. The molecule has 2 atom stereocenters. The molecule has 0 aromatic heterocycles. The summed E-state index contributed by atoms with van der Waals surface area (Å²) in [6, 6.07) is 21.0. The summed E-state index contributed by atoms with van der Waals surface area (Å²) < 4.78 is 11.9. The highest BCUT2D eigenvalue weighted by atomic mass is 32.2. The van der Waals surface area contributed by atoms with Gasteiger partial charge in [0.1, 0.15) is 17.2 Å². The third-order valence-electron chi connectivity index (χ3n) is 7.49. The van der Waals surface area contributed by atoms with Gasteiger partial charge in [0.05, 0.1) is 18.0 Å². The van der Waals surface area contributed by atoms with Crippen molar-refractivity contribution in [2.24, 2.45) is 0 Å². The first kappa shape index (κ1) is 23.9. The molecule has 37 heavy (non-hydrogen) atoms. The van der Waals surface area contributed by atoms with Gasteiger partial charge in [-0.2, -0.15) is 0 Å². The smallest absolute Gasteiger partial charge is 0.269 e. The summed E-state index contributed by atoms with van der Waals surface area (Å²) in [5.41, 5.74) is 3.19. The highest BCUT2D eigenvalue weighted by Gasteiger charge is 2.64. The molecule has 0 N–H and O–H groups in total. The molecule has 0 aliphatic carbocycles. The van der Waals surface area contributed by atoms with E-state index in [2.05, 4.69) is 26.8 Å². The highest BCUT2D eigenvalue weighted by molar-refractivity contribution is 8.02. The van der Waals surface area contributed by atoms with E-state index >= 15 is 0 Å². The van der Waals surface area contributed by atoms with Crippen molar-refractivity contribution >= 4 is 35.0 Å². The van der Waals surface area contributed by atoms with Crippen molar-refractivity contribution < 1.29 is 19.1 Å². The van der Waals surface area contributed by atoms with Gasteiger partial charge in [0, 0.05) is 16.8 Å². The van der Waals surface area contributed by atoms with Crippen LogP contribution in [0.25, 0.3) is 0 Å². The molecule has 0 radical (unpaired) electrons. The predicted octanol–water partition coefficient (Wildman–Crippen LogP) is 6.44. The second kappa shape index (κ2) is 8.55. The molecule has 3 aromatic rings. The maximum absolute atomic E-state index is 14.5. The van der Waals surface area contributed by atoms with Crippen molar-refractivity contribution in [2.75, 3.05) is 22.2 Å². The summed E-state index contributed by atoms with van der Waals surface area (Å²) in [4.78, 5) is 30.4. The van der Waals surface area contributed by atoms with Crippen LogP contribution in [0.2, 0.25) is 0 Å². The number of nitrogens with zero attached hydrogens (tertiary/aromatic N) is 2. The lowest BCUT2D eigenvalue weighted by atomic mass is 9.80. The summed E-state index contributed by atoms with van der Waals surface area (Å²) in [6.07, 6.45) is 0.834. The molecule has 3 aliphatic heterocycles. The normalized spacial score (nSPS) is 23.5. The third kappa shape index (κ3) is 3.55. The van der Waals surface area contributed by atoms with Crippen LogP contribution in [-0.4, -0.2) is 29.7 Å². The Morgan fingerprint density at radius 2 is 1.65 bits per heavy atom. The van der Waals surface area contributed by atoms with E-state index in [-0.39, 0.29) is 29.0 Å². The number of amides is 2. The van der Waals surface area contributed by atoms with Gasteiger partial charge in [-0.25, -0.2) is 0 Å². The van der Waals surface area contributed by atoms with E-state index in [4.69, 9.17) is 9.47 Å². The number of benzene rings is 3. The molecule has 190 valence electrons. The van der Waals surface area contributed by atoms with Crippen molar-refractivity contribution in [1.82, 2.24) is 0 Å². The minimum absolute atomic E-state index is 0.0604. The van der Waals surface area contributed by atoms with Gasteiger partial charge >= 0.3 is 0 Å². The zero-order chi connectivity index (χ0) is 25.9. The Bertz CT molecular complexity index is 1390. The van der Waals surface area contributed by atoms with Crippen LogP contribution in [0.3, 0.4) is 0 Å². The van der Waals surface area contributed by atoms with Crippen LogP contribution in [0, 0.1) is 0 Å². The van der Waals surface area contributed by atoms with Gasteiger partial charge in [0.2, 0.25) is 10.8 Å². The zero-order valence-corrected chi connectivity index (χ0v) is 22.3. The fourth-order valence-electron chi connectivity index (χ4n) is 6.10. The Morgan fingerprint density at radius 1 is 0.946 bits per heavy atom. The van der Waals surface area contributed by atoms with Crippen LogP contribution >= 0.6 is 11.8 Å². The van der Waals surface area contributed by atoms with E-state index in [1.54, 1.807) is 4.90 Å². The lowest BCUT2D eigenvalue weighted by Gasteiger charge is -2.44. The minimum atomic E-state index is -1.17. The molecule has 3 heterocycles. The van der Waals surface area contributed by atoms with Crippen LogP contribution in [-0.2, 0) is 14.5 Å². The lowest BCUT2D eigenvalue weighted by Crippen LogP contribution is -2.56. The number of para-hydroxylation sites is 1. The minimum Gasteiger partial charge on any atom is -0.494 e. The number of hydrogen-bond acceptors (Lipinski definition) is 5. The topological polar surface area (TPSA) is 59.1 Å². The quantitative estimate of drug-likeness (QED) is 0.392. The van der Waals surface area contributed by atoms with Gasteiger partial charge in [-0.1, -0.05) is 25.1 Å². The number of fused-ring (bicyclic) bond motifs is 1. The fraction of sp³-hybridized carbons (Fsp3) is 0.333. The summed E-state index contributed by atoms with van der Waals surface area (Å²) in [7, 11) is 0. The van der Waals surface area contributed by atoms with E-state index in [1.807, 2.05) is 72.5 Å². The number of carbonyl (C=O) groups is 2. The van der Waals surface area contributed by atoms with Crippen LogP contribution < -0.4 is 19.3 Å². The van der Waals surface area contributed by atoms with Crippen LogP contribution in [0.1, 0.15) is 51.2 Å². The van der Waals surface area contributed by atoms with E-state index < -0.39 is 4.87 Å². The van der Waals surface area contributed by atoms with E-state index in [9.17, 15) is 9.59 Å². The van der Waals surface area contributed by atoms with E-state index in [1.165, 1.54) is 11.8 Å². The molecule has 1 fully saturated rings. The number of thioether (sulfide) groups is 1. The average molecular weight is 515 g/mol. The highest BCUT2D eigenvalue weighted by Crippen LogP contribution is 2.62. The molecule has 2 amide bonds. The predicted molar refractivity (Wildman–Crippen MR) is 147 cm³/mol. The van der Waals surface area contributed by atoms with Gasteiger partial charge < -0.3 is 14.4 Å². The lowest BCUT2D eigenvalue weighted by molar-refractivity contribution is -0.124. The maximum atomic E-state index is 14.5. The molecule has 6 rings (SSSR count). The number of anilines is 2. The van der Waals surface area contributed by atoms with Crippen molar-refractivity contribution in [3.05, 3.63) is 77.9 Å². The molecule has 3 aliphatic rings. The molecule has 2 unspecified atom stereocenters. The molecular formula is C30H30N2O4S. The average Bonchev–Trinajstić information content (AvgIpc) is 3.34. The summed E-state index contributed by atoms with van der Waals surface area (Å²) in [6.45, 7) is 8.92. The first-order chi connectivity index (χ1) is 17.8. The van der Waals surface area contributed by atoms with Crippen molar-refractivity contribution in [1.29, 1.82) is 0 Å². The van der Waals surface area contributed by atoms with Gasteiger partial charge in [0.25, 0.3) is 5.91 Å². The SMILES string of the molecule is CCOc1cc2c3c(c1)C1(SCC(=O)N1c1ccc(Oc4ccccc4)cc1)C(=O)N3C(C)(C)CC2C. The molecule has 7 heteroatoms. The molecule has 1 saturated heterocycles. The third-order valence-corrected chi connectivity index (χ3v) is 8.88.